The third-order valence-corrected chi connectivity index (χ3v) is 4.98. The fourth-order valence-corrected chi connectivity index (χ4v) is 3.56. The molecule has 6 nitrogen and oxygen atoms in total. The summed E-state index contributed by atoms with van der Waals surface area (Å²) in [6, 6.07) is 15.7. The highest BCUT2D eigenvalue weighted by Gasteiger charge is 2.26. The molecular formula is C18H16FN5OS. The van der Waals surface area contributed by atoms with Crippen molar-refractivity contribution in [1.29, 1.82) is 0 Å². The maximum absolute atomic E-state index is 12.9. The Labute approximate surface area is 154 Å². The molecule has 0 fully saturated rings. The molecule has 1 N–H and O–H groups in total. The van der Waals surface area contributed by atoms with E-state index in [4.69, 9.17) is 0 Å². The second-order valence-corrected chi connectivity index (χ2v) is 6.71. The average molecular weight is 369 g/mol. The third-order valence-electron chi connectivity index (χ3n) is 4.01. The van der Waals surface area contributed by atoms with E-state index in [1.807, 2.05) is 34.9 Å². The number of carbonyl (C=O) groups is 1. The molecule has 132 valence electrons. The summed E-state index contributed by atoms with van der Waals surface area (Å²) in [5.74, 6) is 0.495. The van der Waals surface area contributed by atoms with Crippen LogP contribution in [0.25, 0.3) is 0 Å². The van der Waals surface area contributed by atoms with E-state index in [0.29, 0.717) is 10.8 Å². The van der Waals surface area contributed by atoms with Gasteiger partial charge in [-0.2, -0.15) is 0 Å². The first-order chi connectivity index (χ1) is 12.7. The molecule has 0 radical (unpaired) electrons. The van der Waals surface area contributed by atoms with Gasteiger partial charge >= 0.3 is 0 Å². The Morgan fingerprint density at radius 1 is 1.08 bits per heavy atom. The molecule has 2 heterocycles. The van der Waals surface area contributed by atoms with E-state index >= 15 is 0 Å². The van der Waals surface area contributed by atoms with Gasteiger partial charge in [0.25, 0.3) is 0 Å². The lowest BCUT2D eigenvalue weighted by molar-refractivity contribution is -0.113. The Hall–Kier alpha value is -2.87. The number of halogens is 1. The normalized spacial score (nSPS) is 12.9. The number of amides is 1. The lowest BCUT2D eigenvalue weighted by Gasteiger charge is -2.14. The Morgan fingerprint density at radius 2 is 1.85 bits per heavy atom. The zero-order valence-corrected chi connectivity index (χ0v) is 14.6. The largest absolute Gasteiger partial charge is 0.325 e. The molecule has 4 rings (SSSR count). The molecule has 0 aliphatic carbocycles. The summed E-state index contributed by atoms with van der Waals surface area (Å²) in [5, 5.41) is 11.9. The summed E-state index contributed by atoms with van der Waals surface area (Å²) in [6.45, 7) is 1.60. The smallest absolute Gasteiger partial charge is 0.234 e. The van der Waals surface area contributed by atoms with Gasteiger partial charge in [-0.3, -0.25) is 9.36 Å². The van der Waals surface area contributed by atoms with Gasteiger partial charge in [-0.15, -0.1) is 10.2 Å². The maximum Gasteiger partial charge on any atom is 0.234 e. The predicted octanol–water partition coefficient (Wildman–Crippen LogP) is 3.30. The minimum absolute atomic E-state index is 0.170. The van der Waals surface area contributed by atoms with Gasteiger partial charge in [-0.05, 0) is 36.4 Å². The summed E-state index contributed by atoms with van der Waals surface area (Å²) in [5.41, 5.74) is 1.64. The molecule has 0 atom stereocenters. The molecule has 1 aliphatic heterocycles. The number of aromatic nitrogens is 3. The van der Waals surface area contributed by atoms with E-state index in [0.717, 1.165) is 24.7 Å². The molecule has 0 bridgehead atoms. The summed E-state index contributed by atoms with van der Waals surface area (Å²) in [6.07, 6.45) is 0. The summed E-state index contributed by atoms with van der Waals surface area (Å²) >= 11 is 1.34. The van der Waals surface area contributed by atoms with Crippen LogP contribution in [0.3, 0.4) is 0 Å². The first kappa shape index (κ1) is 16.6. The number of hydrogen-bond donors (Lipinski definition) is 1. The van der Waals surface area contributed by atoms with Crippen LogP contribution in [0.1, 0.15) is 0 Å². The van der Waals surface area contributed by atoms with E-state index in [1.165, 1.54) is 36.0 Å². The molecule has 0 saturated heterocycles. The van der Waals surface area contributed by atoms with Gasteiger partial charge < -0.3 is 10.2 Å². The fraction of sp³-hybridized carbons (Fsp3) is 0.167. The van der Waals surface area contributed by atoms with Crippen molar-refractivity contribution in [2.45, 2.75) is 11.7 Å². The van der Waals surface area contributed by atoms with E-state index < -0.39 is 0 Å². The summed E-state index contributed by atoms with van der Waals surface area (Å²) in [4.78, 5) is 14.2. The summed E-state index contributed by atoms with van der Waals surface area (Å²) < 4.78 is 14.9. The number of rotatable bonds is 5. The van der Waals surface area contributed by atoms with Gasteiger partial charge in [0.15, 0.2) is 5.16 Å². The lowest BCUT2D eigenvalue weighted by Crippen LogP contribution is -2.14. The molecule has 0 saturated carbocycles. The highest BCUT2D eigenvalue weighted by molar-refractivity contribution is 7.99. The number of thioether (sulfide) groups is 1. The third kappa shape index (κ3) is 3.41. The van der Waals surface area contributed by atoms with E-state index in [9.17, 15) is 9.18 Å². The molecule has 1 aliphatic rings. The topological polar surface area (TPSA) is 63.1 Å². The SMILES string of the molecule is O=C(CSc1nnc2n1CCN2c1ccccc1)Nc1ccc(F)cc1. The van der Waals surface area contributed by atoms with Crippen molar-refractivity contribution in [1.82, 2.24) is 14.8 Å². The first-order valence-corrected chi connectivity index (χ1v) is 9.13. The highest BCUT2D eigenvalue weighted by atomic mass is 32.2. The predicted molar refractivity (Wildman–Crippen MR) is 99.2 cm³/mol. The van der Waals surface area contributed by atoms with E-state index in [2.05, 4.69) is 20.4 Å². The zero-order chi connectivity index (χ0) is 17.9. The van der Waals surface area contributed by atoms with Crippen LogP contribution in [-0.4, -0.2) is 33.0 Å². The molecule has 2 aromatic carbocycles. The Bertz CT molecular complexity index is 913. The van der Waals surface area contributed by atoms with Crippen LogP contribution in [0.2, 0.25) is 0 Å². The van der Waals surface area contributed by atoms with E-state index in [-0.39, 0.29) is 17.5 Å². The second kappa shape index (κ2) is 7.17. The minimum Gasteiger partial charge on any atom is -0.325 e. The average Bonchev–Trinajstić information content (AvgIpc) is 3.25. The van der Waals surface area contributed by atoms with Crippen molar-refractivity contribution in [2.24, 2.45) is 0 Å². The number of hydrogen-bond acceptors (Lipinski definition) is 5. The van der Waals surface area contributed by atoms with Crippen molar-refractivity contribution in [2.75, 3.05) is 22.5 Å². The molecule has 1 amide bonds. The first-order valence-electron chi connectivity index (χ1n) is 8.15. The molecular weight excluding hydrogens is 353 g/mol. The lowest BCUT2D eigenvalue weighted by atomic mass is 10.3. The number of fused-ring (bicyclic) bond motifs is 1. The standard InChI is InChI=1S/C18H16FN5OS/c19-13-6-8-14(9-7-13)20-16(25)12-26-18-22-21-17-23(10-11-24(17)18)15-4-2-1-3-5-15/h1-9H,10-12H2,(H,20,25). The minimum atomic E-state index is -0.334. The number of carbonyl (C=O) groups excluding carboxylic acids is 1. The number of nitrogens with zero attached hydrogens (tertiary/aromatic N) is 4. The van der Waals surface area contributed by atoms with Crippen LogP contribution in [0.15, 0.2) is 59.8 Å². The van der Waals surface area contributed by atoms with Gasteiger partial charge in [0.1, 0.15) is 5.82 Å². The van der Waals surface area contributed by atoms with Gasteiger partial charge in [0, 0.05) is 24.5 Å². The van der Waals surface area contributed by atoms with Crippen LogP contribution >= 0.6 is 11.8 Å². The van der Waals surface area contributed by atoms with Crippen molar-refractivity contribution in [3.63, 3.8) is 0 Å². The number of nitrogens with one attached hydrogen (secondary N) is 1. The Kier molecular flexibility index (Phi) is 4.57. The van der Waals surface area contributed by atoms with E-state index in [1.54, 1.807) is 0 Å². The van der Waals surface area contributed by atoms with Crippen LogP contribution in [0, 0.1) is 5.82 Å². The maximum atomic E-state index is 12.9. The molecule has 0 spiro atoms. The van der Waals surface area contributed by atoms with Crippen LogP contribution in [0.5, 0.6) is 0 Å². The Morgan fingerprint density at radius 3 is 2.62 bits per heavy atom. The molecule has 26 heavy (non-hydrogen) atoms. The molecule has 1 aromatic heterocycles. The zero-order valence-electron chi connectivity index (χ0n) is 13.8. The quantitative estimate of drug-likeness (QED) is 0.699. The molecule has 3 aromatic rings. The summed E-state index contributed by atoms with van der Waals surface area (Å²) in [7, 11) is 0. The fourth-order valence-electron chi connectivity index (χ4n) is 2.80. The second-order valence-electron chi connectivity index (χ2n) is 5.77. The van der Waals surface area contributed by atoms with Crippen molar-refractivity contribution < 1.29 is 9.18 Å². The number of benzene rings is 2. The number of para-hydroxylation sites is 1. The van der Waals surface area contributed by atoms with Gasteiger partial charge in [0.2, 0.25) is 11.9 Å². The Balaban J connectivity index is 1.39. The number of anilines is 3. The van der Waals surface area contributed by atoms with Gasteiger partial charge in [-0.25, -0.2) is 4.39 Å². The van der Waals surface area contributed by atoms with Crippen LogP contribution in [0.4, 0.5) is 21.7 Å². The van der Waals surface area contributed by atoms with Crippen LogP contribution in [-0.2, 0) is 11.3 Å². The van der Waals surface area contributed by atoms with Crippen molar-refractivity contribution in [3.05, 3.63) is 60.4 Å². The van der Waals surface area contributed by atoms with Crippen molar-refractivity contribution >= 4 is 35.0 Å². The van der Waals surface area contributed by atoms with Gasteiger partial charge in [0.05, 0.1) is 5.75 Å². The van der Waals surface area contributed by atoms with Crippen molar-refractivity contribution in [3.8, 4) is 0 Å². The van der Waals surface area contributed by atoms with Gasteiger partial charge in [-0.1, -0.05) is 30.0 Å². The molecule has 0 unspecified atom stereocenters. The highest BCUT2D eigenvalue weighted by Crippen LogP contribution is 2.31. The van der Waals surface area contributed by atoms with Crippen LogP contribution < -0.4 is 10.2 Å². The molecule has 8 heteroatoms. The monoisotopic (exact) mass is 369 g/mol.